The number of pyridine rings is 1. The van der Waals surface area contributed by atoms with Crippen LogP contribution in [0.1, 0.15) is 36.8 Å². The molecule has 1 aliphatic rings. The number of carbonyl (C=O) groups excluding carboxylic acids is 1. The number of hydrogen-bond donors (Lipinski definition) is 1. The third-order valence-electron chi connectivity index (χ3n) is 5.55. The summed E-state index contributed by atoms with van der Waals surface area (Å²) in [5.74, 6) is 0.457. The molecule has 7 heteroatoms. The number of rotatable bonds is 8. The van der Waals surface area contributed by atoms with Crippen molar-refractivity contribution in [1.82, 2.24) is 14.6 Å². The summed E-state index contributed by atoms with van der Waals surface area (Å²) in [6.45, 7) is 3.49. The summed E-state index contributed by atoms with van der Waals surface area (Å²) in [5, 5.41) is 2.97. The molecular weight excluding hydrogens is 386 g/mol. The lowest BCUT2D eigenvalue weighted by molar-refractivity contribution is -0.121. The van der Waals surface area contributed by atoms with Crippen LogP contribution >= 0.6 is 0 Å². The van der Waals surface area contributed by atoms with E-state index in [9.17, 15) is 13.2 Å². The van der Waals surface area contributed by atoms with Crippen LogP contribution in [0.4, 0.5) is 0 Å². The standard InChI is InChI=1S/C22H29N3O3S/c1-18-4-2-3-5-21(18)29(27,28)25-16-11-19(12-17-25)6-7-22(26)24-15-10-20-8-13-23-14-9-20/h2-5,8-9,13-14,19H,6-7,10-12,15-17H2,1H3,(H,24,26). The van der Waals surface area contributed by atoms with Crippen molar-refractivity contribution in [1.29, 1.82) is 0 Å². The van der Waals surface area contributed by atoms with E-state index in [-0.39, 0.29) is 5.91 Å². The number of aromatic nitrogens is 1. The Labute approximate surface area is 173 Å². The van der Waals surface area contributed by atoms with E-state index in [0.717, 1.165) is 36.8 Å². The van der Waals surface area contributed by atoms with E-state index >= 15 is 0 Å². The quantitative estimate of drug-likeness (QED) is 0.719. The topological polar surface area (TPSA) is 79.4 Å². The van der Waals surface area contributed by atoms with Gasteiger partial charge < -0.3 is 5.32 Å². The van der Waals surface area contributed by atoms with E-state index in [1.165, 1.54) is 0 Å². The fourth-order valence-corrected chi connectivity index (χ4v) is 5.44. The van der Waals surface area contributed by atoms with Gasteiger partial charge in [-0.15, -0.1) is 0 Å². The van der Waals surface area contributed by atoms with Crippen molar-refractivity contribution < 1.29 is 13.2 Å². The first-order valence-corrected chi connectivity index (χ1v) is 11.6. The minimum atomic E-state index is -3.44. The zero-order chi connectivity index (χ0) is 20.7. The Kier molecular flexibility index (Phi) is 7.39. The van der Waals surface area contributed by atoms with Gasteiger partial charge in [-0.2, -0.15) is 4.31 Å². The van der Waals surface area contributed by atoms with Crippen LogP contribution in [0.15, 0.2) is 53.7 Å². The molecule has 2 heterocycles. The van der Waals surface area contributed by atoms with Crippen molar-refractivity contribution in [3.05, 3.63) is 59.9 Å². The number of nitrogens with zero attached hydrogens (tertiary/aromatic N) is 2. The van der Waals surface area contributed by atoms with Gasteiger partial charge in [-0.3, -0.25) is 9.78 Å². The van der Waals surface area contributed by atoms with E-state index in [0.29, 0.717) is 36.9 Å². The van der Waals surface area contributed by atoms with Crippen molar-refractivity contribution in [3.63, 3.8) is 0 Å². The second-order valence-corrected chi connectivity index (χ2v) is 9.51. The highest BCUT2D eigenvalue weighted by Crippen LogP contribution is 2.27. The third kappa shape index (κ3) is 5.87. The molecule has 156 valence electrons. The van der Waals surface area contributed by atoms with Crippen LogP contribution in [-0.2, 0) is 21.2 Å². The lowest BCUT2D eigenvalue weighted by Gasteiger charge is -2.31. The second-order valence-electron chi connectivity index (χ2n) is 7.61. The molecule has 2 aromatic rings. The molecule has 6 nitrogen and oxygen atoms in total. The highest BCUT2D eigenvalue weighted by atomic mass is 32.2. The lowest BCUT2D eigenvalue weighted by Crippen LogP contribution is -2.39. The van der Waals surface area contributed by atoms with E-state index in [4.69, 9.17) is 0 Å². The molecule has 1 aromatic carbocycles. The normalized spacial score (nSPS) is 15.9. The van der Waals surface area contributed by atoms with Crippen molar-refractivity contribution in [2.24, 2.45) is 5.92 Å². The molecule has 0 radical (unpaired) electrons. The summed E-state index contributed by atoms with van der Waals surface area (Å²) in [6, 6.07) is 11.0. The van der Waals surface area contributed by atoms with Crippen LogP contribution in [0.3, 0.4) is 0 Å². The fraction of sp³-hybridized carbons (Fsp3) is 0.455. The molecule has 1 aromatic heterocycles. The molecule has 0 unspecified atom stereocenters. The third-order valence-corrected chi connectivity index (χ3v) is 7.61. The van der Waals surface area contributed by atoms with Crippen molar-refractivity contribution in [3.8, 4) is 0 Å². The predicted octanol–water partition coefficient (Wildman–Crippen LogP) is 2.93. The van der Waals surface area contributed by atoms with E-state index in [1.54, 1.807) is 28.8 Å². The van der Waals surface area contributed by atoms with Crippen LogP contribution in [0.5, 0.6) is 0 Å². The number of hydrogen-bond acceptors (Lipinski definition) is 4. The highest BCUT2D eigenvalue weighted by molar-refractivity contribution is 7.89. The molecule has 29 heavy (non-hydrogen) atoms. The maximum absolute atomic E-state index is 12.9. The van der Waals surface area contributed by atoms with Crippen LogP contribution in [0.25, 0.3) is 0 Å². The first-order valence-electron chi connectivity index (χ1n) is 10.2. The van der Waals surface area contributed by atoms with Gasteiger partial charge in [0.15, 0.2) is 0 Å². The zero-order valence-corrected chi connectivity index (χ0v) is 17.7. The molecule has 1 N–H and O–H groups in total. The van der Waals surface area contributed by atoms with Gasteiger partial charge in [0.2, 0.25) is 15.9 Å². The van der Waals surface area contributed by atoms with Gasteiger partial charge in [0, 0.05) is 38.4 Å². The Morgan fingerprint density at radius 2 is 1.83 bits per heavy atom. The van der Waals surface area contributed by atoms with Gasteiger partial charge >= 0.3 is 0 Å². The minimum absolute atomic E-state index is 0.0639. The number of benzene rings is 1. The molecule has 0 bridgehead atoms. The van der Waals surface area contributed by atoms with E-state index in [2.05, 4.69) is 10.3 Å². The highest BCUT2D eigenvalue weighted by Gasteiger charge is 2.30. The van der Waals surface area contributed by atoms with Gasteiger partial charge in [-0.05, 0) is 67.9 Å². The largest absolute Gasteiger partial charge is 0.356 e. The first-order chi connectivity index (χ1) is 14.0. The average molecular weight is 416 g/mol. The Morgan fingerprint density at radius 1 is 1.14 bits per heavy atom. The SMILES string of the molecule is Cc1ccccc1S(=O)(=O)N1CCC(CCC(=O)NCCc2ccncc2)CC1. The molecule has 1 aliphatic heterocycles. The van der Waals surface area contributed by atoms with Crippen molar-refractivity contribution >= 4 is 15.9 Å². The van der Waals surface area contributed by atoms with Crippen LogP contribution in [0.2, 0.25) is 0 Å². The van der Waals surface area contributed by atoms with Crippen LogP contribution in [0, 0.1) is 12.8 Å². The maximum atomic E-state index is 12.9. The molecule has 0 saturated carbocycles. The Bertz CT molecular complexity index is 908. The predicted molar refractivity (Wildman–Crippen MR) is 113 cm³/mol. The smallest absolute Gasteiger partial charge is 0.243 e. The summed E-state index contributed by atoms with van der Waals surface area (Å²) >= 11 is 0. The Balaban J connectivity index is 1.39. The van der Waals surface area contributed by atoms with Crippen molar-refractivity contribution in [2.45, 2.75) is 43.9 Å². The Hall–Kier alpha value is -2.25. The molecule has 0 spiro atoms. The van der Waals surface area contributed by atoms with Crippen LogP contribution in [-0.4, -0.2) is 43.2 Å². The molecule has 0 aliphatic carbocycles. The number of piperidine rings is 1. The fourth-order valence-electron chi connectivity index (χ4n) is 3.74. The molecular formula is C22H29N3O3S. The molecule has 1 saturated heterocycles. The van der Waals surface area contributed by atoms with Crippen LogP contribution < -0.4 is 5.32 Å². The number of sulfonamides is 1. The Morgan fingerprint density at radius 3 is 2.52 bits per heavy atom. The second kappa shape index (κ2) is 9.98. The van der Waals surface area contributed by atoms with Crippen molar-refractivity contribution in [2.75, 3.05) is 19.6 Å². The summed E-state index contributed by atoms with van der Waals surface area (Å²) in [4.78, 5) is 16.5. The lowest BCUT2D eigenvalue weighted by atomic mass is 9.93. The van der Waals surface area contributed by atoms with E-state index in [1.807, 2.05) is 31.2 Å². The van der Waals surface area contributed by atoms with E-state index < -0.39 is 10.0 Å². The maximum Gasteiger partial charge on any atom is 0.243 e. The summed E-state index contributed by atoms with van der Waals surface area (Å²) in [6.07, 6.45) is 7.20. The monoisotopic (exact) mass is 415 g/mol. The van der Waals surface area contributed by atoms with Gasteiger partial charge in [0.25, 0.3) is 0 Å². The average Bonchev–Trinajstić information content (AvgIpc) is 2.73. The zero-order valence-electron chi connectivity index (χ0n) is 16.9. The summed E-state index contributed by atoms with van der Waals surface area (Å²) in [7, 11) is -3.44. The number of nitrogens with one attached hydrogen (secondary N) is 1. The molecule has 0 atom stereocenters. The summed E-state index contributed by atoms with van der Waals surface area (Å²) in [5.41, 5.74) is 1.93. The summed E-state index contributed by atoms with van der Waals surface area (Å²) < 4.78 is 27.3. The van der Waals surface area contributed by atoms with Gasteiger partial charge in [0.1, 0.15) is 0 Å². The number of amides is 1. The molecule has 1 amide bonds. The van der Waals surface area contributed by atoms with Gasteiger partial charge in [-0.25, -0.2) is 8.42 Å². The number of aryl methyl sites for hydroxylation is 1. The molecule has 3 rings (SSSR count). The minimum Gasteiger partial charge on any atom is -0.356 e. The van der Waals surface area contributed by atoms with Gasteiger partial charge in [0.05, 0.1) is 4.90 Å². The number of carbonyl (C=O) groups is 1. The molecule has 1 fully saturated rings. The first kappa shape index (κ1) is 21.5. The van der Waals surface area contributed by atoms with Gasteiger partial charge in [-0.1, -0.05) is 18.2 Å².